The smallest absolute Gasteiger partial charge is 0.378 e. The number of likely N-dealkylation sites (N-methyl/N-ethyl adjacent to an activating group) is 1. The molecule has 0 spiro atoms. The lowest BCUT2D eigenvalue weighted by atomic mass is 9.86. The van der Waals surface area contributed by atoms with Gasteiger partial charge in [-0.1, -0.05) is 18.2 Å². The second kappa shape index (κ2) is 8.10. The van der Waals surface area contributed by atoms with E-state index in [0.717, 1.165) is 17.0 Å². The normalized spacial score (nSPS) is 23.0. The highest BCUT2D eigenvalue weighted by molar-refractivity contribution is 7.98. The second-order valence-electron chi connectivity index (χ2n) is 6.67. The van der Waals surface area contributed by atoms with Gasteiger partial charge >= 0.3 is 6.18 Å². The van der Waals surface area contributed by atoms with Crippen LogP contribution in [0.3, 0.4) is 0 Å². The monoisotopic (exact) mass is 411 g/mol. The number of thioether (sulfide) groups is 1. The van der Waals surface area contributed by atoms with Crippen LogP contribution in [0.1, 0.15) is 17.0 Å². The molecule has 5 nitrogen and oxygen atoms in total. The number of nitrogens with zero attached hydrogens (tertiary/aromatic N) is 2. The summed E-state index contributed by atoms with van der Waals surface area (Å²) in [7, 11) is 1.63. The maximum Gasteiger partial charge on any atom is 0.416 e. The standard InChI is InChI=1S/C19H20F3N3O2S/c1-25-10-13(11-4-3-5-12(8-11)19(20,21)22)16(18(25)27)17(26)24-14-9-23-7-6-15(14)28-2/h3-9,13,16,18,27H,10H2,1-2H3,(H,24,26)/t13-,16+,18?/m1/s1. The first-order valence-electron chi connectivity index (χ1n) is 8.56. The third-order valence-corrected chi connectivity index (χ3v) is 5.69. The van der Waals surface area contributed by atoms with Gasteiger partial charge < -0.3 is 10.4 Å². The molecule has 1 aliphatic rings. The van der Waals surface area contributed by atoms with E-state index >= 15 is 0 Å². The maximum atomic E-state index is 13.1. The number of carbonyl (C=O) groups is 1. The number of halogens is 3. The number of aliphatic hydroxyl groups is 1. The summed E-state index contributed by atoms with van der Waals surface area (Å²) in [6.07, 6.45) is -0.609. The molecule has 1 aromatic heterocycles. The molecular formula is C19H20F3N3O2S. The average Bonchev–Trinajstić information content (AvgIpc) is 2.96. The summed E-state index contributed by atoms with van der Waals surface area (Å²) in [5.74, 6) is -1.94. The fourth-order valence-corrected chi connectivity index (χ4v) is 3.98. The number of rotatable bonds is 4. The van der Waals surface area contributed by atoms with E-state index in [1.54, 1.807) is 30.3 Å². The predicted molar refractivity (Wildman–Crippen MR) is 101 cm³/mol. The molecule has 1 fully saturated rings. The van der Waals surface area contributed by atoms with Crippen molar-refractivity contribution in [2.75, 3.05) is 25.2 Å². The topological polar surface area (TPSA) is 65.5 Å². The van der Waals surface area contributed by atoms with E-state index in [0.29, 0.717) is 11.3 Å². The summed E-state index contributed by atoms with van der Waals surface area (Å²) < 4.78 is 39.3. The zero-order chi connectivity index (χ0) is 20.5. The second-order valence-corrected chi connectivity index (χ2v) is 7.52. The number of alkyl halides is 3. The number of pyridine rings is 1. The number of hydrogen-bond acceptors (Lipinski definition) is 5. The summed E-state index contributed by atoms with van der Waals surface area (Å²) in [6, 6.07) is 6.68. The Morgan fingerprint density at radius 2 is 2.11 bits per heavy atom. The maximum absolute atomic E-state index is 13.1. The summed E-state index contributed by atoms with van der Waals surface area (Å²) in [5.41, 5.74) is 0.101. The number of aromatic nitrogens is 1. The highest BCUT2D eigenvalue weighted by Crippen LogP contribution is 2.39. The lowest BCUT2D eigenvalue weighted by Gasteiger charge is -2.22. The minimum atomic E-state index is -4.47. The Balaban J connectivity index is 1.91. The molecule has 1 unspecified atom stereocenters. The van der Waals surface area contributed by atoms with Crippen molar-refractivity contribution in [2.45, 2.75) is 23.2 Å². The van der Waals surface area contributed by atoms with Crippen molar-refractivity contribution in [2.24, 2.45) is 5.92 Å². The lowest BCUT2D eigenvalue weighted by molar-refractivity contribution is -0.137. The summed E-state index contributed by atoms with van der Waals surface area (Å²) in [5, 5.41) is 13.3. The Labute approximate surface area is 165 Å². The molecule has 0 saturated carbocycles. The number of aliphatic hydroxyl groups excluding tert-OH is 1. The Morgan fingerprint density at radius 3 is 2.79 bits per heavy atom. The molecule has 28 heavy (non-hydrogen) atoms. The minimum absolute atomic E-state index is 0.267. The van der Waals surface area contributed by atoms with Gasteiger partial charge in [0.05, 0.1) is 23.4 Å². The van der Waals surface area contributed by atoms with Crippen molar-refractivity contribution in [3.05, 3.63) is 53.9 Å². The molecule has 150 valence electrons. The first kappa shape index (κ1) is 20.6. The van der Waals surface area contributed by atoms with E-state index < -0.39 is 35.7 Å². The largest absolute Gasteiger partial charge is 0.416 e. The molecular weight excluding hydrogens is 391 g/mol. The number of amides is 1. The van der Waals surface area contributed by atoms with E-state index in [4.69, 9.17) is 0 Å². The Bertz CT molecular complexity index is 862. The van der Waals surface area contributed by atoms with Gasteiger partial charge in [0.15, 0.2) is 0 Å². The van der Waals surface area contributed by atoms with Gasteiger partial charge in [0.2, 0.25) is 5.91 Å². The van der Waals surface area contributed by atoms with Gasteiger partial charge in [0.25, 0.3) is 0 Å². The zero-order valence-electron chi connectivity index (χ0n) is 15.3. The van der Waals surface area contributed by atoms with E-state index in [1.165, 1.54) is 24.0 Å². The highest BCUT2D eigenvalue weighted by Gasteiger charge is 2.45. The van der Waals surface area contributed by atoms with Crippen LogP contribution in [-0.2, 0) is 11.0 Å². The molecule has 1 aromatic carbocycles. The van der Waals surface area contributed by atoms with Crippen LogP contribution in [0.15, 0.2) is 47.6 Å². The van der Waals surface area contributed by atoms with E-state index in [-0.39, 0.29) is 6.54 Å². The van der Waals surface area contributed by atoms with Crippen LogP contribution in [0.5, 0.6) is 0 Å². The van der Waals surface area contributed by atoms with Crippen LogP contribution >= 0.6 is 11.8 Å². The molecule has 3 atom stereocenters. The molecule has 2 aromatic rings. The Morgan fingerprint density at radius 1 is 1.36 bits per heavy atom. The van der Waals surface area contributed by atoms with Crippen molar-refractivity contribution in [1.29, 1.82) is 0 Å². The van der Waals surface area contributed by atoms with Gasteiger partial charge in [0.1, 0.15) is 6.23 Å². The van der Waals surface area contributed by atoms with E-state index in [2.05, 4.69) is 10.3 Å². The van der Waals surface area contributed by atoms with Crippen LogP contribution in [0.25, 0.3) is 0 Å². The zero-order valence-corrected chi connectivity index (χ0v) is 16.1. The van der Waals surface area contributed by atoms with Crippen LogP contribution in [0.4, 0.5) is 18.9 Å². The van der Waals surface area contributed by atoms with Crippen LogP contribution in [0.2, 0.25) is 0 Å². The van der Waals surface area contributed by atoms with Gasteiger partial charge in [-0.3, -0.25) is 14.7 Å². The molecule has 3 rings (SSSR count). The van der Waals surface area contributed by atoms with Gasteiger partial charge in [0, 0.05) is 23.6 Å². The van der Waals surface area contributed by atoms with Crippen LogP contribution < -0.4 is 5.32 Å². The first-order valence-corrected chi connectivity index (χ1v) is 9.79. The molecule has 1 saturated heterocycles. The van der Waals surface area contributed by atoms with Crippen molar-refractivity contribution in [1.82, 2.24) is 9.88 Å². The lowest BCUT2D eigenvalue weighted by Crippen LogP contribution is -2.36. The molecule has 1 amide bonds. The minimum Gasteiger partial charge on any atom is -0.378 e. The molecule has 2 heterocycles. The number of nitrogens with one attached hydrogen (secondary N) is 1. The summed E-state index contributed by atoms with van der Waals surface area (Å²) in [4.78, 5) is 19.3. The van der Waals surface area contributed by atoms with Gasteiger partial charge in [-0.15, -0.1) is 11.8 Å². The van der Waals surface area contributed by atoms with Crippen molar-refractivity contribution in [3.63, 3.8) is 0 Å². The molecule has 0 aliphatic carbocycles. The van der Waals surface area contributed by atoms with Crippen molar-refractivity contribution in [3.8, 4) is 0 Å². The third kappa shape index (κ3) is 4.16. The quantitative estimate of drug-likeness (QED) is 0.755. The first-order chi connectivity index (χ1) is 13.2. The number of hydrogen-bond donors (Lipinski definition) is 2. The van der Waals surface area contributed by atoms with Crippen LogP contribution in [0, 0.1) is 5.92 Å². The number of benzene rings is 1. The van der Waals surface area contributed by atoms with Gasteiger partial charge in [-0.05, 0) is 31.0 Å². The predicted octanol–water partition coefficient (Wildman–Crippen LogP) is 3.42. The molecule has 0 bridgehead atoms. The van der Waals surface area contributed by atoms with Gasteiger partial charge in [-0.2, -0.15) is 13.2 Å². The third-order valence-electron chi connectivity index (χ3n) is 4.89. The van der Waals surface area contributed by atoms with E-state index in [1.807, 2.05) is 6.26 Å². The highest BCUT2D eigenvalue weighted by atomic mass is 32.2. The number of carbonyl (C=O) groups excluding carboxylic acids is 1. The summed E-state index contributed by atoms with van der Waals surface area (Å²) >= 11 is 1.43. The number of anilines is 1. The Hall–Kier alpha value is -2.10. The Kier molecular flexibility index (Phi) is 5.97. The molecule has 0 radical (unpaired) electrons. The van der Waals surface area contributed by atoms with Crippen molar-refractivity contribution < 1.29 is 23.1 Å². The SMILES string of the molecule is CSc1ccncc1NC(=O)[C@H]1C(O)N(C)C[C@@H]1c1cccc(C(F)(F)F)c1. The van der Waals surface area contributed by atoms with E-state index in [9.17, 15) is 23.1 Å². The fraction of sp³-hybridized carbons (Fsp3) is 0.368. The fourth-order valence-electron chi connectivity index (χ4n) is 3.46. The average molecular weight is 411 g/mol. The van der Waals surface area contributed by atoms with Crippen LogP contribution in [-0.4, -0.2) is 47.0 Å². The summed E-state index contributed by atoms with van der Waals surface area (Å²) in [6.45, 7) is 0.267. The molecule has 9 heteroatoms. The molecule has 2 N–H and O–H groups in total. The molecule has 1 aliphatic heterocycles. The number of likely N-dealkylation sites (tertiary alicyclic amines) is 1. The van der Waals surface area contributed by atoms with Gasteiger partial charge in [-0.25, -0.2) is 0 Å². The van der Waals surface area contributed by atoms with Crippen molar-refractivity contribution >= 4 is 23.4 Å².